The van der Waals surface area contributed by atoms with E-state index in [-0.39, 0.29) is 5.91 Å². The lowest BCUT2D eigenvalue weighted by Crippen LogP contribution is -2.37. The zero-order valence-electron chi connectivity index (χ0n) is 12.2. The maximum absolute atomic E-state index is 12.4. The zero-order valence-corrected chi connectivity index (χ0v) is 12.2. The van der Waals surface area contributed by atoms with Crippen LogP contribution >= 0.6 is 0 Å². The van der Waals surface area contributed by atoms with Gasteiger partial charge in [0, 0.05) is 26.3 Å². The molecule has 1 aromatic rings. The molecule has 0 atom stereocenters. The van der Waals surface area contributed by atoms with Crippen LogP contribution in [-0.2, 0) is 9.47 Å². The molecule has 20 heavy (non-hydrogen) atoms. The van der Waals surface area contributed by atoms with E-state index < -0.39 is 0 Å². The number of ether oxygens (including phenoxy) is 2. The van der Waals surface area contributed by atoms with Gasteiger partial charge in [-0.15, -0.1) is 0 Å². The van der Waals surface area contributed by atoms with Crippen molar-refractivity contribution in [1.82, 2.24) is 9.88 Å². The number of amides is 1. The van der Waals surface area contributed by atoms with E-state index in [2.05, 4.69) is 4.98 Å². The Balaban J connectivity index is 2.66. The summed E-state index contributed by atoms with van der Waals surface area (Å²) in [6.45, 7) is 7.12. The Bertz CT molecular complexity index is 402. The fraction of sp³-hybridized carbons (Fsp3) is 0.571. The smallest absolute Gasteiger partial charge is 0.272 e. The Labute approximate surface area is 119 Å². The van der Waals surface area contributed by atoms with Gasteiger partial charge in [0.05, 0.1) is 13.2 Å². The monoisotopic (exact) mass is 281 g/mol. The number of hydrogen-bond acceptors (Lipinski definition) is 5. The fourth-order valence-electron chi connectivity index (χ4n) is 1.69. The number of hydrogen-bond donors (Lipinski definition) is 1. The highest BCUT2D eigenvalue weighted by Gasteiger charge is 2.16. The second kappa shape index (κ2) is 9.28. The lowest BCUT2D eigenvalue weighted by atomic mass is 10.3. The molecule has 0 saturated carbocycles. The van der Waals surface area contributed by atoms with Gasteiger partial charge in [0.25, 0.3) is 5.91 Å². The van der Waals surface area contributed by atoms with Gasteiger partial charge in [-0.25, -0.2) is 4.98 Å². The summed E-state index contributed by atoms with van der Waals surface area (Å²) in [6.07, 6.45) is 0. The maximum Gasteiger partial charge on any atom is 0.272 e. The molecule has 2 N–H and O–H groups in total. The molecule has 0 saturated heterocycles. The number of carbonyl (C=O) groups excluding carboxylic acids is 1. The molecule has 0 unspecified atom stereocenters. The minimum Gasteiger partial charge on any atom is -0.384 e. The van der Waals surface area contributed by atoms with Crippen LogP contribution in [-0.4, -0.2) is 55.3 Å². The predicted molar refractivity (Wildman–Crippen MR) is 77.5 cm³/mol. The van der Waals surface area contributed by atoms with E-state index in [1.165, 1.54) is 0 Å². The van der Waals surface area contributed by atoms with E-state index in [4.69, 9.17) is 15.2 Å². The van der Waals surface area contributed by atoms with Gasteiger partial charge < -0.3 is 20.1 Å². The van der Waals surface area contributed by atoms with E-state index in [0.717, 1.165) is 0 Å². The Hall–Kier alpha value is -1.66. The average molecular weight is 281 g/mol. The van der Waals surface area contributed by atoms with Crippen molar-refractivity contribution in [2.75, 3.05) is 45.3 Å². The molecule has 1 amide bonds. The van der Waals surface area contributed by atoms with Crippen molar-refractivity contribution >= 4 is 11.7 Å². The molecule has 1 rings (SSSR count). The highest BCUT2D eigenvalue weighted by atomic mass is 16.5. The summed E-state index contributed by atoms with van der Waals surface area (Å²) >= 11 is 0. The Morgan fingerprint density at radius 1 is 1.20 bits per heavy atom. The molecule has 112 valence electrons. The summed E-state index contributed by atoms with van der Waals surface area (Å²) in [5, 5.41) is 0. The van der Waals surface area contributed by atoms with Crippen molar-refractivity contribution in [2.45, 2.75) is 13.8 Å². The van der Waals surface area contributed by atoms with Gasteiger partial charge in [-0.05, 0) is 26.0 Å². The molecule has 0 aliphatic rings. The Morgan fingerprint density at radius 3 is 2.30 bits per heavy atom. The summed E-state index contributed by atoms with van der Waals surface area (Å²) in [7, 11) is 0. The molecule has 1 aromatic heterocycles. The molecule has 0 radical (unpaired) electrons. The molecule has 6 nitrogen and oxygen atoms in total. The van der Waals surface area contributed by atoms with E-state index >= 15 is 0 Å². The van der Waals surface area contributed by atoms with E-state index in [1.54, 1.807) is 23.1 Å². The third kappa shape index (κ3) is 5.54. The van der Waals surface area contributed by atoms with Crippen LogP contribution in [0.4, 0.5) is 5.82 Å². The second-order valence-corrected chi connectivity index (χ2v) is 4.13. The van der Waals surface area contributed by atoms with Gasteiger partial charge in [-0.1, -0.05) is 6.07 Å². The number of nitrogens with two attached hydrogens (primary N) is 1. The second-order valence-electron chi connectivity index (χ2n) is 4.13. The predicted octanol–water partition coefficient (Wildman–Crippen LogP) is 1.18. The number of nitrogen functional groups attached to an aromatic ring is 1. The zero-order chi connectivity index (χ0) is 14.8. The molecule has 0 spiro atoms. The normalized spacial score (nSPS) is 10.5. The highest BCUT2D eigenvalue weighted by Crippen LogP contribution is 2.05. The standard InChI is InChI=1S/C14H23N3O3/c1-3-19-10-8-17(9-11-20-4-2)14(18)12-6-5-7-13(15)16-12/h5-7H,3-4,8-11H2,1-2H3,(H2,15,16). The van der Waals surface area contributed by atoms with Crippen molar-refractivity contribution in [2.24, 2.45) is 0 Å². The van der Waals surface area contributed by atoms with Gasteiger partial charge in [-0.3, -0.25) is 4.79 Å². The largest absolute Gasteiger partial charge is 0.384 e. The number of rotatable bonds is 9. The third-order valence-electron chi connectivity index (χ3n) is 2.70. The number of nitrogens with zero attached hydrogens (tertiary/aromatic N) is 2. The van der Waals surface area contributed by atoms with E-state index in [1.807, 2.05) is 13.8 Å². The summed E-state index contributed by atoms with van der Waals surface area (Å²) in [5.74, 6) is 0.183. The number of pyridine rings is 1. The van der Waals surface area contributed by atoms with Crippen LogP contribution in [0.1, 0.15) is 24.3 Å². The van der Waals surface area contributed by atoms with Crippen LogP contribution in [0.5, 0.6) is 0 Å². The summed E-state index contributed by atoms with van der Waals surface area (Å²) in [5.41, 5.74) is 5.95. The summed E-state index contributed by atoms with van der Waals surface area (Å²) in [6, 6.07) is 5.04. The topological polar surface area (TPSA) is 77.7 Å². The van der Waals surface area contributed by atoms with Crippen LogP contribution in [0.2, 0.25) is 0 Å². The molecule has 0 aliphatic heterocycles. The Morgan fingerprint density at radius 2 is 1.80 bits per heavy atom. The molecule has 0 aromatic carbocycles. The minimum atomic E-state index is -0.156. The quantitative estimate of drug-likeness (QED) is 0.688. The van der Waals surface area contributed by atoms with E-state index in [0.29, 0.717) is 51.0 Å². The van der Waals surface area contributed by atoms with E-state index in [9.17, 15) is 4.79 Å². The van der Waals surface area contributed by atoms with Crippen molar-refractivity contribution in [3.63, 3.8) is 0 Å². The number of aromatic nitrogens is 1. The summed E-state index contributed by atoms with van der Waals surface area (Å²) < 4.78 is 10.6. The van der Waals surface area contributed by atoms with Gasteiger partial charge in [-0.2, -0.15) is 0 Å². The van der Waals surface area contributed by atoms with Gasteiger partial charge in [0.1, 0.15) is 11.5 Å². The van der Waals surface area contributed by atoms with Crippen LogP contribution in [0.3, 0.4) is 0 Å². The first-order valence-electron chi connectivity index (χ1n) is 6.86. The molecule has 6 heteroatoms. The first kappa shape index (κ1) is 16.4. The summed E-state index contributed by atoms with van der Waals surface area (Å²) in [4.78, 5) is 18.1. The molecule has 0 bridgehead atoms. The molecular weight excluding hydrogens is 258 g/mol. The number of carbonyl (C=O) groups is 1. The van der Waals surface area contributed by atoms with Crippen molar-refractivity contribution in [3.8, 4) is 0 Å². The molecular formula is C14H23N3O3. The van der Waals surface area contributed by atoms with Crippen LogP contribution in [0, 0.1) is 0 Å². The fourth-order valence-corrected chi connectivity index (χ4v) is 1.69. The van der Waals surface area contributed by atoms with Crippen molar-refractivity contribution < 1.29 is 14.3 Å². The first-order valence-corrected chi connectivity index (χ1v) is 6.86. The molecule has 1 heterocycles. The lowest BCUT2D eigenvalue weighted by molar-refractivity contribution is 0.0545. The number of anilines is 1. The lowest BCUT2D eigenvalue weighted by Gasteiger charge is -2.22. The van der Waals surface area contributed by atoms with Gasteiger partial charge >= 0.3 is 0 Å². The average Bonchev–Trinajstić information content (AvgIpc) is 2.45. The third-order valence-corrected chi connectivity index (χ3v) is 2.70. The van der Waals surface area contributed by atoms with Crippen LogP contribution in [0.15, 0.2) is 18.2 Å². The first-order chi connectivity index (χ1) is 9.69. The van der Waals surface area contributed by atoms with Crippen molar-refractivity contribution in [1.29, 1.82) is 0 Å². The van der Waals surface area contributed by atoms with Crippen LogP contribution < -0.4 is 5.73 Å². The minimum absolute atomic E-state index is 0.156. The van der Waals surface area contributed by atoms with Crippen molar-refractivity contribution in [3.05, 3.63) is 23.9 Å². The van der Waals surface area contributed by atoms with Gasteiger partial charge in [0.2, 0.25) is 0 Å². The Kier molecular flexibility index (Phi) is 7.60. The SMILES string of the molecule is CCOCCN(CCOCC)C(=O)c1cccc(N)n1. The van der Waals surface area contributed by atoms with Crippen LogP contribution in [0.25, 0.3) is 0 Å². The molecule has 0 fully saturated rings. The maximum atomic E-state index is 12.4. The van der Waals surface area contributed by atoms with Gasteiger partial charge in [0.15, 0.2) is 0 Å². The highest BCUT2D eigenvalue weighted by molar-refractivity contribution is 5.92. The molecule has 0 aliphatic carbocycles.